The largest absolute Gasteiger partial charge is 0.368 e. The summed E-state index contributed by atoms with van der Waals surface area (Å²) < 4.78 is 0.968. The molecule has 0 aliphatic rings. The Morgan fingerprint density at radius 2 is 2.19 bits per heavy atom. The lowest BCUT2D eigenvalue weighted by atomic mass is 10.2. The van der Waals surface area contributed by atoms with Crippen molar-refractivity contribution in [3.05, 3.63) is 38.3 Å². The molecule has 0 aliphatic carbocycles. The Labute approximate surface area is 90.6 Å². The van der Waals surface area contributed by atoms with Crippen LogP contribution in [0.2, 0.25) is 0 Å². The predicted molar refractivity (Wildman–Crippen MR) is 56.0 cm³/mol. The molecule has 7 nitrogen and oxygen atoms in total. The number of carbonyl (C=O) groups is 1. The predicted octanol–water partition coefficient (Wildman–Crippen LogP) is 0.111. The number of nitrogens with zero attached hydrogens (tertiary/aromatic N) is 2. The fourth-order valence-electron chi connectivity index (χ4n) is 1.25. The molecule has 0 bridgehead atoms. The molecule has 1 amide bonds. The van der Waals surface area contributed by atoms with Gasteiger partial charge >= 0.3 is 0 Å². The number of hydrogen-bond donors (Lipinski definition) is 1. The van der Waals surface area contributed by atoms with Crippen LogP contribution >= 0.6 is 0 Å². The number of aryl methyl sites for hydroxylation is 1. The Bertz CT molecular complexity index is 506. The molecule has 2 N–H and O–H groups in total. The van der Waals surface area contributed by atoms with Gasteiger partial charge in [0.2, 0.25) is 5.91 Å². The van der Waals surface area contributed by atoms with E-state index in [-0.39, 0.29) is 11.3 Å². The molecule has 0 aromatic carbocycles. The third kappa shape index (κ3) is 2.08. The summed E-state index contributed by atoms with van der Waals surface area (Å²) in [5.74, 6) is -0.720. The van der Waals surface area contributed by atoms with E-state index in [0.717, 1.165) is 16.8 Å². The summed E-state index contributed by atoms with van der Waals surface area (Å²) in [6.45, 7) is 2.85. The van der Waals surface area contributed by atoms with Crippen molar-refractivity contribution in [3.63, 3.8) is 0 Å². The molecule has 1 aromatic heterocycles. The monoisotopic (exact) mass is 225 g/mol. The third-order valence-electron chi connectivity index (χ3n) is 2.25. The SMILES string of the molecule is Cc1cc([N+](=O)[O-])cn(C(C)C(N)=O)c1=O. The second-order valence-corrected chi connectivity index (χ2v) is 3.43. The maximum atomic E-state index is 11.6. The molecular weight excluding hydrogens is 214 g/mol. The fraction of sp³-hybridized carbons (Fsp3) is 0.333. The molecular formula is C9H11N3O4. The number of amides is 1. The molecule has 1 atom stereocenters. The number of nitro groups is 1. The molecule has 1 heterocycles. The van der Waals surface area contributed by atoms with Crippen molar-refractivity contribution in [2.75, 3.05) is 0 Å². The first-order valence-electron chi connectivity index (χ1n) is 4.51. The highest BCUT2D eigenvalue weighted by molar-refractivity contribution is 5.77. The maximum absolute atomic E-state index is 11.6. The molecule has 86 valence electrons. The van der Waals surface area contributed by atoms with Gasteiger partial charge < -0.3 is 5.73 Å². The minimum atomic E-state index is -0.911. The zero-order chi connectivity index (χ0) is 12.5. The Morgan fingerprint density at radius 3 is 2.62 bits per heavy atom. The van der Waals surface area contributed by atoms with Gasteiger partial charge in [0.05, 0.1) is 11.1 Å². The minimum Gasteiger partial charge on any atom is -0.368 e. The smallest absolute Gasteiger partial charge is 0.286 e. The van der Waals surface area contributed by atoms with Gasteiger partial charge in [0.15, 0.2) is 0 Å². The summed E-state index contributed by atoms with van der Waals surface area (Å²) >= 11 is 0. The number of hydrogen-bond acceptors (Lipinski definition) is 4. The molecule has 7 heteroatoms. The van der Waals surface area contributed by atoms with E-state index in [1.54, 1.807) is 0 Å². The van der Waals surface area contributed by atoms with Crippen LogP contribution in [0.3, 0.4) is 0 Å². The van der Waals surface area contributed by atoms with Crippen molar-refractivity contribution in [1.82, 2.24) is 4.57 Å². The van der Waals surface area contributed by atoms with E-state index < -0.39 is 22.4 Å². The molecule has 0 aliphatic heterocycles. The van der Waals surface area contributed by atoms with E-state index in [1.807, 2.05) is 0 Å². The summed E-state index contributed by atoms with van der Waals surface area (Å²) in [5.41, 5.74) is 4.53. The highest BCUT2D eigenvalue weighted by Gasteiger charge is 2.18. The number of aromatic nitrogens is 1. The Morgan fingerprint density at radius 1 is 1.62 bits per heavy atom. The summed E-state index contributed by atoms with van der Waals surface area (Å²) in [6.07, 6.45) is 1.02. The van der Waals surface area contributed by atoms with Crippen LogP contribution in [-0.4, -0.2) is 15.4 Å². The number of rotatable bonds is 3. The molecule has 0 saturated heterocycles. The number of carbonyl (C=O) groups excluding carboxylic acids is 1. The standard InChI is InChI=1S/C9H11N3O4/c1-5-3-7(12(15)16)4-11(9(5)14)6(2)8(10)13/h3-4,6H,1-2H3,(H2,10,13). The summed E-state index contributed by atoms with van der Waals surface area (Å²) in [4.78, 5) is 32.5. The van der Waals surface area contributed by atoms with Crippen LogP contribution in [-0.2, 0) is 4.79 Å². The molecule has 1 aromatic rings. The van der Waals surface area contributed by atoms with Gasteiger partial charge in [-0.2, -0.15) is 0 Å². The maximum Gasteiger partial charge on any atom is 0.286 e. The first kappa shape index (κ1) is 11.9. The van der Waals surface area contributed by atoms with Gasteiger partial charge in [-0.05, 0) is 13.8 Å². The van der Waals surface area contributed by atoms with E-state index in [4.69, 9.17) is 5.73 Å². The van der Waals surface area contributed by atoms with E-state index in [9.17, 15) is 19.7 Å². The average Bonchev–Trinajstić information content (AvgIpc) is 2.20. The molecule has 16 heavy (non-hydrogen) atoms. The molecule has 0 saturated carbocycles. The van der Waals surface area contributed by atoms with Gasteiger partial charge in [-0.3, -0.25) is 24.3 Å². The summed E-state index contributed by atoms with van der Waals surface area (Å²) in [6, 6.07) is 0.248. The van der Waals surface area contributed by atoms with Crippen molar-refractivity contribution in [1.29, 1.82) is 0 Å². The lowest BCUT2D eigenvalue weighted by Gasteiger charge is -2.11. The second kappa shape index (κ2) is 4.13. The number of nitrogens with two attached hydrogens (primary N) is 1. The summed E-state index contributed by atoms with van der Waals surface area (Å²) in [7, 11) is 0. The number of pyridine rings is 1. The molecule has 1 rings (SSSR count). The zero-order valence-corrected chi connectivity index (χ0v) is 8.84. The van der Waals surface area contributed by atoms with Crippen LogP contribution in [0.4, 0.5) is 5.69 Å². The van der Waals surface area contributed by atoms with Crippen LogP contribution < -0.4 is 11.3 Å². The first-order valence-corrected chi connectivity index (χ1v) is 4.51. The van der Waals surface area contributed by atoms with E-state index in [2.05, 4.69) is 0 Å². The third-order valence-corrected chi connectivity index (χ3v) is 2.25. The van der Waals surface area contributed by atoms with Crippen molar-refractivity contribution in [3.8, 4) is 0 Å². The van der Waals surface area contributed by atoms with Crippen molar-refractivity contribution >= 4 is 11.6 Å². The second-order valence-electron chi connectivity index (χ2n) is 3.43. The van der Waals surface area contributed by atoms with Gasteiger partial charge in [-0.1, -0.05) is 0 Å². The van der Waals surface area contributed by atoms with Crippen LogP contribution in [0.15, 0.2) is 17.1 Å². The van der Waals surface area contributed by atoms with Crippen LogP contribution in [0.25, 0.3) is 0 Å². The van der Waals surface area contributed by atoms with Gasteiger partial charge in [0.1, 0.15) is 6.04 Å². The molecule has 1 unspecified atom stereocenters. The lowest BCUT2D eigenvalue weighted by molar-refractivity contribution is -0.385. The Kier molecular flexibility index (Phi) is 3.07. The van der Waals surface area contributed by atoms with E-state index in [1.165, 1.54) is 13.8 Å². The molecule has 0 radical (unpaired) electrons. The van der Waals surface area contributed by atoms with Crippen LogP contribution in [0.1, 0.15) is 18.5 Å². The topological polar surface area (TPSA) is 108 Å². The van der Waals surface area contributed by atoms with Crippen molar-refractivity contribution in [2.24, 2.45) is 5.73 Å². The Balaban J connectivity index is 3.44. The zero-order valence-electron chi connectivity index (χ0n) is 8.84. The first-order chi connectivity index (χ1) is 7.34. The van der Waals surface area contributed by atoms with E-state index in [0.29, 0.717) is 0 Å². The molecule has 0 spiro atoms. The van der Waals surface area contributed by atoms with Crippen molar-refractivity contribution in [2.45, 2.75) is 19.9 Å². The fourth-order valence-corrected chi connectivity index (χ4v) is 1.25. The molecule has 0 fully saturated rings. The van der Waals surface area contributed by atoms with Crippen molar-refractivity contribution < 1.29 is 9.72 Å². The minimum absolute atomic E-state index is 0.197. The van der Waals surface area contributed by atoms with Gasteiger partial charge in [0, 0.05) is 11.6 Å². The quantitative estimate of drug-likeness (QED) is 0.581. The van der Waals surface area contributed by atoms with Gasteiger partial charge in [-0.15, -0.1) is 0 Å². The highest BCUT2D eigenvalue weighted by Crippen LogP contribution is 2.12. The van der Waals surface area contributed by atoms with Gasteiger partial charge in [0.25, 0.3) is 11.2 Å². The van der Waals surface area contributed by atoms with Crippen LogP contribution in [0.5, 0.6) is 0 Å². The Hall–Kier alpha value is -2.18. The van der Waals surface area contributed by atoms with Crippen LogP contribution in [0, 0.1) is 17.0 Å². The number of primary amides is 1. The van der Waals surface area contributed by atoms with Gasteiger partial charge in [-0.25, -0.2) is 0 Å². The highest BCUT2D eigenvalue weighted by atomic mass is 16.6. The normalized spacial score (nSPS) is 12.1. The lowest BCUT2D eigenvalue weighted by Crippen LogP contribution is -2.32. The van der Waals surface area contributed by atoms with E-state index >= 15 is 0 Å². The average molecular weight is 225 g/mol. The summed E-state index contributed by atoms with van der Waals surface area (Å²) in [5, 5.41) is 10.6.